The van der Waals surface area contributed by atoms with E-state index in [0.29, 0.717) is 21.7 Å². The van der Waals surface area contributed by atoms with Crippen molar-refractivity contribution in [2.75, 3.05) is 6.54 Å². The van der Waals surface area contributed by atoms with Gasteiger partial charge in [-0.25, -0.2) is 4.79 Å². The highest BCUT2D eigenvalue weighted by Gasteiger charge is 2.53. The lowest BCUT2D eigenvalue weighted by Gasteiger charge is -2.28. The summed E-state index contributed by atoms with van der Waals surface area (Å²) in [5, 5.41) is 14.0. The van der Waals surface area contributed by atoms with E-state index in [9.17, 15) is 14.7 Å². The number of nitrogens with zero attached hydrogens (tertiary/aromatic N) is 1. The molecule has 4 rings (SSSR count). The smallest absolute Gasteiger partial charge is 0.325 e. The van der Waals surface area contributed by atoms with Crippen molar-refractivity contribution in [2.45, 2.75) is 11.6 Å². The van der Waals surface area contributed by atoms with Crippen molar-refractivity contribution >= 4 is 23.5 Å². The second kappa shape index (κ2) is 7.70. The lowest BCUT2D eigenvalue weighted by molar-refractivity contribution is -0.131. The Morgan fingerprint density at radius 1 is 0.862 bits per heavy atom. The third kappa shape index (κ3) is 3.39. The lowest BCUT2D eigenvalue weighted by atomic mass is 9.82. The van der Waals surface area contributed by atoms with Gasteiger partial charge >= 0.3 is 6.03 Å². The minimum atomic E-state index is -1.33. The summed E-state index contributed by atoms with van der Waals surface area (Å²) in [5.74, 6) is -0.423. The largest absolute Gasteiger partial charge is 0.387 e. The van der Waals surface area contributed by atoms with Crippen molar-refractivity contribution < 1.29 is 14.7 Å². The van der Waals surface area contributed by atoms with Gasteiger partial charge in [-0.2, -0.15) is 0 Å². The number of amides is 3. The van der Waals surface area contributed by atoms with Crippen LogP contribution < -0.4 is 5.32 Å². The van der Waals surface area contributed by atoms with Crippen LogP contribution in [0.2, 0.25) is 5.02 Å². The summed E-state index contributed by atoms with van der Waals surface area (Å²) in [4.78, 5) is 27.5. The van der Waals surface area contributed by atoms with E-state index >= 15 is 0 Å². The molecule has 3 aromatic carbocycles. The Hall–Kier alpha value is -3.15. The van der Waals surface area contributed by atoms with Gasteiger partial charge in [0.1, 0.15) is 0 Å². The fourth-order valence-electron chi connectivity index (χ4n) is 3.64. The number of carbonyl (C=O) groups is 2. The summed E-state index contributed by atoms with van der Waals surface area (Å²) < 4.78 is 0. The average molecular weight is 407 g/mol. The highest BCUT2D eigenvalue weighted by molar-refractivity contribution is 6.30. The average Bonchev–Trinajstić information content (AvgIpc) is 3.01. The van der Waals surface area contributed by atoms with Crippen molar-refractivity contribution in [3.05, 3.63) is 107 Å². The summed E-state index contributed by atoms with van der Waals surface area (Å²) in [6, 6.07) is 24.4. The highest BCUT2D eigenvalue weighted by atomic mass is 35.5. The van der Waals surface area contributed by atoms with Crippen LogP contribution in [0, 0.1) is 0 Å². The molecule has 0 aliphatic carbocycles. The molecule has 1 aliphatic rings. The Labute approximate surface area is 173 Å². The predicted octanol–water partition coefficient (Wildman–Crippen LogP) is 3.87. The molecule has 1 atom stereocenters. The lowest BCUT2D eigenvalue weighted by Crippen LogP contribution is -2.45. The van der Waals surface area contributed by atoms with Crippen LogP contribution in [-0.2, 0) is 10.3 Å². The van der Waals surface area contributed by atoms with Crippen LogP contribution in [-0.4, -0.2) is 28.5 Å². The maximum atomic E-state index is 13.6. The van der Waals surface area contributed by atoms with E-state index in [1.807, 2.05) is 60.7 Å². The standard InChI is InChI=1S/C23H19ClN2O3/c24-19-13-11-16(12-14-19)20(27)15-26-21(28)23(25-22(26)29,17-7-3-1-4-8-17)18-9-5-2-6-10-18/h1-14,20,27H,15H2,(H,25,29). The number of aliphatic hydroxyl groups is 1. The molecule has 29 heavy (non-hydrogen) atoms. The molecule has 1 heterocycles. The molecule has 5 nitrogen and oxygen atoms in total. The number of hydrogen-bond donors (Lipinski definition) is 2. The van der Waals surface area contributed by atoms with Crippen LogP contribution in [0.15, 0.2) is 84.9 Å². The molecular formula is C23H19ClN2O3. The second-order valence-electron chi connectivity index (χ2n) is 6.90. The third-order valence-corrected chi connectivity index (χ3v) is 5.38. The van der Waals surface area contributed by atoms with E-state index in [1.165, 1.54) is 0 Å². The highest BCUT2D eigenvalue weighted by Crippen LogP contribution is 2.36. The quantitative estimate of drug-likeness (QED) is 0.632. The molecule has 0 radical (unpaired) electrons. The van der Waals surface area contributed by atoms with Crippen molar-refractivity contribution in [3.8, 4) is 0 Å². The Morgan fingerprint density at radius 2 is 1.38 bits per heavy atom. The van der Waals surface area contributed by atoms with Crippen molar-refractivity contribution in [3.63, 3.8) is 0 Å². The van der Waals surface area contributed by atoms with Crippen LogP contribution in [0.1, 0.15) is 22.8 Å². The molecule has 2 N–H and O–H groups in total. The Kier molecular flexibility index (Phi) is 5.09. The summed E-state index contributed by atoms with van der Waals surface area (Å²) >= 11 is 5.90. The van der Waals surface area contributed by atoms with Crippen molar-refractivity contribution in [1.82, 2.24) is 10.2 Å². The van der Waals surface area contributed by atoms with Crippen molar-refractivity contribution in [1.29, 1.82) is 0 Å². The molecule has 1 saturated heterocycles. The van der Waals surface area contributed by atoms with Crippen LogP contribution in [0.25, 0.3) is 0 Å². The van der Waals surface area contributed by atoms with Gasteiger partial charge in [-0.3, -0.25) is 9.69 Å². The van der Waals surface area contributed by atoms with Gasteiger partial charge in [-0.15, -0.1) is 0 Å². The van der Waals surface area contributed by atoms with E-state index in [-0.39, 0.29) is 6.54 Å². The van der Waals surface area contributed by atoms with E-state index in [2.05, 4.69) is 5.32 Å². The first-order valence-corrected chi connectivity index (χ1v) is 9.59. The SMILES string of the molecule is O=C1NC(c2ccccc2)(c2ccccc2)C(=O)N1CC(O)c1ccc(Cl)cc1. The van der Waals surface area contributed by atoms with Gasteiger partial charge < -0.3 is 10.4 Å². The summed E-state index contributed by atoms with van der Waals surface area (Å²) in [6.07, 6.45) is -1.02. The van der Waals surface area contributed by atoms with Crippen LogP contribution in [0.4, 0.5) is 4.79 Å². The van der Waals surface area contributed by atoms with Gasteiger partial charge in [0.15, 0.2) is 5.54 Å². The maximum absolute atomic E-state index is 13.6. The number of β-amino-alcohol motifs (C(OH)–C–C–N with tert-alkyl or cyclic N) is 1. The van der Waals surface area contributed by atoms with Gasteiger partial charge in [0, 0.05) is 5.02 Å². The second-order valence-corrected chi connectivity index (χ2v) is 7.33. The normalized spacial score (nSPS) is 16.6. The van der Waals surface area contributed by atoms with Crippen LogP contribution in [0.3, 0.4) is 0 Å². The molecule has 1 unspecified atom stereocenters. The molecule has 6 heteroatoms. The minimum Gasteiger partial charge on any atom is -0.387 e. The Morgan fingerprint density at radius 3 is 1.90 bits per heavy atom. The maximum Gasteiger partial charge on any atom is 0.325 e. The first kappa shape index (κ1) is 19.2. The zero-order valence-corrected chi connectivity index (χ0v) is 16.2. The fraction of sp³-hybridized carbons (Fsp3) is 0.130. The molecule has 0 bridgehead atoms. The minimum absolute atomic E-state index is 0.159. The Balaban J connectivity index is 1.71. The molecule has 3 amide bonds. The number of carbonyl (C=O) groups excluding carboxylic acids is 2. The molecule has 0 saturated carbocycles. The summed E-state index contributed by atoms with van der Waals surface area (Å²) in [7, 11) is 0. The van der Waals surface area contributed by atoms with E-state index in [1.54, 1.807) is 24.3 Å². The zero-order chi connectivity index (χ0) is 20.4. The number of benzene rings is 3. The van der Waals surface area contributed by atoms with Gasteiger partial charge in [0.25, 0.3) is 5.91 Å². The summed E-state index contributed by atoms with van der Waals surface area (Å²) in [5.41, 5.74) is 0.562. The molecule has 3 aromatic rings. The number of aliphatic hydroxyl groups excluding tert-OH is 1. The predicted molar refractivity (Wildman–Crippen MR) is 110 cm³/mol. The number of nitrogens with one attached hydrogen (secondary N) is 1. The van der Waals surface area contributed by atoms with Gasteiger partial charge in [0.05, 0.1) is 12.6 Å². The first-order chi connectivity index (χ1) is 14.0. The molecule has 0 spiro atoms. The van der Waals surface area contributed by atoms with E-state index in [4.69, 9.17) is 11.6 Å². The number of rotatable bonds is 5. The third-order valence-electron chi connectivity index (χ3n) is 5.13. The van der Waals surface area contributed by atoms with Gasteiger partial charge in [-0.05, 0) is 28.8 Å². The monoisotopic (exact) mass is 406 g/mol. The number of hydrogen-bond acceptors (Lipinski definition) is 3. The zero-order valence-electron chi connectivity index (χ0n) is 15.5. The molecule has 1 aliphatic heterocycles. The number of urea groups is 1. The van der Waals surface area contributed by atoms with E-state index < -0.39 is 23.6 Å². The van der Waals surface area contributed by atoms with Crippen LogP contribution in [0.5, 0.6) is 0 Å². The number of halogens is 1. The molecular weight excluding hydrogens is 388 g/mol. The van der Waals surface area contributed by atoms with Crippen molar-refractivity contribution in [2.24, 2.45) is 0 Å². The summed E-state index contributed by atoms with van der Waals surface area (Å²) in [6.45, 7) is -0.159. The molecule has 146 valence electrons. The molecule has 1 fully saturated rings. The topological polar surface area (TPSA) is 69.6 Å². The fourth-order valence-corrected chi connectivity index (χ4v) is 3.77. The van der Waals surface area contributed by atoms with E-state index in [0.717, 1.165) is 4.90 Å². The van der Waals surface area contributed by atoms with Gasteiger partial charge in [0.2, 0.25) is 0 Å². The van der Waals surface area contributed by atoms with Crippen LogP contribution >= 0.6 is 11.6 Å². The van der Waals surface area contributed by atoms with Gasteiger partial charge in [-0.1, -0.05) is 84.4 Å². The first-order valence-electron chi connectivity index (χ1n) is 9.21. The Bertz CT molecular complexity index is 984. The number of imide groups is 1. The molecule has 0 aromatic heterocycles.